The van der Waals surface area contributed by atoms with Crippen molar-refractivity contribution in [2.45, 2.75) is 30.4 Å². The third-order valence-electron chi connectivity index (χ3n) is 3.39. The summed E-state index contributed by atoms with van der Waals surface area (Å²) in [4.78, 5) is 1.22. The molecule has 0 saturated carbocycles. The average molecular weight is 327 g/mol. The van der Waals surface area contributed by atoms with Crippen molar-refractivity contribution in [2.75, 3.05) is 12.8 Å². The van der Waals surface area contributed by atoms with E-state index < -0.39 is 0 Å². The normalized spacial score (nSPS) is 11.8. The van der Waals surface area contributed by atoms with Gasteiger partial charge in [0.2, 0.25) is 0 Å². The van der Waals surface area contributed by atoms with Crippen LogP contribution in [0.4, 0.5) is 5.69 Å². The Hall–Kier alpha value is -2.14. The van der Waals surface area contributed by atoms with E-state index in [2.05, 4.69) is 38.0 Å². The zero-order valence-corrected chi connectivity index (χ0v) is 14.6. The van der Waals surface area contributed by atoms with E-state index in [0.29, 0.717) is 5.69 Å². The van der Waals surface area contributed by atoms with E-state index >= 15 is 0 Å². The third kappa shape index (κ3) is 3.45. The topological polar surface area (TPSA) is 52.5 Å². The number of fused-ring (bicyclic) bond motifs is 1. The van der Waals surface area contributed by atoms with E-state index in [1.165, 1.54) is 4.90 Å². The average Bonchev–Trinajstić information content (AvgIpc) is 2.88. The number of nitrogens with two attached hydrogens (primary N) is 1. The lowest BCUT2D eigenvalue weighted by Gasteiger charge is -2.17. The van der Waals surface area contributed by atoms with Crippen LogP contribution in [0.3, 0.4) is 0 Å². The lowest BCUT2D eigenvalue weighted by atomic mass is 10.1. The summed E-state index contributed by atoms with van der Waals surface area (Å²) in [6.45, 7) is 6.63. The molecular formula is C18H21N3OS. The molecular weight excluding hydrogens is 306 g/mol. The number of anilines is 1. The van der Waals surface area contributed by atoms with Crippen LogP contribution in [-0.2, 0) is 0 Å². The molecule has 0 aliphatic rings. The number of benzene rings is 1. The minimum atomic E-state index is 0.166. The Morgan fingerprint density at radius 1 is 1.17 bits per heavy atom. The maximum absolute atomic E-state index is 5.99. The number of pyridine rings is 1. The molecule has 0 amide bonds. The summed E-state index contributed by atoms with van der Waals surface area (Å²) in [5.41, 5.74) is 9.79. The molecule has 0 aliphatic carbocycles. The minimum Gasteiger partial charge on any atom is -0.497 e. The van der Waals surface area contributed by atoms with E-state index in [1.54, 1.807) is 7.11 Å². The molecule has 0 saturated heterocycles. The maximum atomic E-state index is 5.99. The van der Waals surface area contributed by atoms with E-state index in [4.69, 9.17) is 10.5 Å². The van der Waals surface area contributed by atoms with Crippen molar-refractivity contribution in [1.82, 2.24) is 9.61 Å². The van der Waals surface area contributed by atoms with E-state index in [0.717, 1.165) is 22.4 Å². The molecule has 3 rings (SSSR count). The molecule has 0 bridgehead atoms. The highest BCUT2D eigenvalue weighted by molar-refractivity contribution is 8.00. The standard InChI is InChI=1S/C18H21N3OS/c1-18(2,3)23-15-5-6-21-17(10-15)16(11-20-21)12-7-13(19)9-14(8-12)22-4/h5-11H,19H2,1-4H3. The fraction of sp³-hybridized carbons (Fsp3) is 0.278. The van der Waals surface area contributed by atoms with Gasteiger partial charge in [0.05, 0.1) is 18.8 Å². The van der Waals surface area contributed by atoms with Gasteiger partial charge in [0, 0.05) is 33.2 Å². The number of rotatable bonds is 3. The van der Waals surface area contributed by atoms with Crippen molar-refractivity contribution < 1.29 is 4.74 Å². The van der Waals surface area contributed by atoms with Crippen molar-refractivity contribution in [3.63, 3.8) is 0 Å². The molecule has 0 atom stereocenters. The molecule has 4 nitrogen and oxygen atoms in total. The van der Waals surface area contributed by atoms with Crippen molar-refractivity contribution in [2.24, 2.45) is 0 Å². The Morgan fingerprint density at radius 3 is 2.65 bits per heavy atom. The summed E-state index contributed by atoms with van der Waals surface area (Å²) >= 11 is 1.84. The molecule has 1 aromatic carbocycles. The second-order valence-corrected chi connectivity index (χ2v) is 8.36. The Bertz CT molecular complexity index is 849. The number of hydrogen-bond acceptors (Lipinski definition) is 4. The van der Waals surface area contributed by atoms with Crippen LogP contribution < -0.4 is 10.5 Å². The zero-order valence-electron chi connectivity index (χ0n) is 13.8. The van der Waals surface area contributed by atoms with E-state index in [9.17, 15) is 0 Å². The highest BCUT2D eigenvalue weighted by atomic mass is 32.2. The summed E-state index contributed by atoms with van der Waals surface area (Å²) in [5.74, 6) is 0.750. The number of aromatic nitrogens is 2. The van der Waals surface area contributed by atoms with Crippen LogP contribution in [0.2, 0.25) is 0 Å². The number of thioether (sulfide) groups is 1. The predicted octanol–water partition coefficient (Wildman–Crippen LogP) is 4.48. The largest absolute Gasteiger partial charge is 0.497 e. The quantitative estimate of drug-likeness (QED) is 0.569. The Kier molecular flexibility index (Phi) is 3.98. The van der Waals surface area contributed by atoms with Crippen LogP contribution in [0.25, 0.3) is 16.6 Å². The van der Waals surface area contributed by atoms with Crippen LogP contribution in [-0.4, -0.2) is 21.5 Å². The van der Waals surface area contributed by atoms with Crippen molar-refractivity contribution in [3.8, 4) is 16.9 Å². The molecule has 2 aromatic heterocycles. The number of nitrogen functional groups attached to an aromatic ring is 1. The third-order valence-corrected chi connectivity index (χ3v) is 4.49. The fourth-order valence-electron chi connectivity index (χ4n) is 2.50. The Balaban J connectivity index is 2.11. The van der Waals surface area contributed by atoms with Gasteiger partial charge in [0.15, 0.2) is 0 Å². The SMILES string of the molecule is COc1cc(N)cc(-c2cnn3ccc(SC(C)(C)C)cc23)c1. The summed E-state index contributed by atoms with van der Waals surface area (Å²) in [5, 5.41) is 4.44. The second-order valence-electron chi connectivity index (χ2n) is 6.46. The first-order valence-corrected chi connectivity index (χ1v) is 8.29. The molecule has 2 heterocycles. The minimum absolute atomic E-state index is 0.166. The van der Waals surface area contributed by atoms with E-state index in [1.807, 2.05) is 46.9 Å². The molecule has 0 unspecified atom stereocenters. The van der Waals surface area contributed by atoms with Crippen LogP contribution in [0.15, 0.2) is 47.6 Å². The van der Waals surface area contributed by atoms with Crippen LogP contribution >= 0.6 is 11.8 Å². The summed E-state index contributed by atoms with van der Waals surface area (Å²) in [6, 6.07) is 10.0. The molecule has 0 aliphatic heterocycles. The second kappa shape index (κ2) is 5.81. The number of nitrogens with zero attached hydrogens (tertiary/aromatic N) is 2. The van der Waals surface area contributed by atoms with Gasteiger partial charge in [-0.2, -0.15) is 5.10 Å². The molecule has 23 heavy (non-hydrogen) atoms. The van der Waals surface area contributed by atoms with Gasteiger partial charge < -0.3 is 10.5 Å². The summed E-state index contributed by atoms with van der Waals surface area (Å²) in [7, 11) is 1.65. The molecule has 0 spiro atoms. The highest BCUT2D eigenvalue weighted by Crippen LogP contribution is 2.35. The smallest absolute Gasteiger partial charge is 0.121 e. The number of hydrogen-bond donors (Lipinski definition) is 1. The number of ether oxygens (including phenoxy) is 1. The molecule has 0 fully saturated rings. The number of methoxy groups -OCH3 is 1. The van der Waals surface area contributed by atoms with Gasteiger partial charge in [0.25, 0.3) is 0 Å². The van der Waals surface area contributed by atoms with Gasteiger partial charge in [-0.25, -0.2) is 4.52 Å². The van der Waals surface area contributed by atoms with Crippen molar-refractivity contribution in [3.05, 3.63) is 42.7 Å². The lowest BCUT2D eigenvalue weighted by molar-refractivity contribution is 0.415. The van der Waals surface area contributed by atoms with Gasteiger partial charge in [-0.15, -0.1) is 11.8 Å². The van der Waals surface area contributed by atoms with Gasteiger partial charge in [-0.1, -0.05) is 20.8 Å². The zero-order chi connectivity index (χ0) is 16.6. The molecule has 3 aromatic rings. The van der Waals surface area contributed by atoms with Gasteiger partial charge in [0.1, 0.15) is 5.75 Å². The monoisotopic (exact) mass is 327 g/mol. The van der Waals surface area contributed by atoms with Crippen molar-refractivity contribution >= 4 is 23.0 Å². The summed E-state index contributed by atoms with van der Waals surface area (Å²) in [6.07, 6.45) is 3.87. The van der Waals surface area contributed by atoms with Gasteiger partial charge in [-0.3, -0.25) is 0 Å². The fourth-order valence-corrected chi connectivity index (χ4v) is 3.50. The van der Waals surface area contributed by atoms with Crippen molar-refractivity contribution in [1.29, 1.82) is 0 Å². The highest BCUT2D eigenvalue weighted by Gasteiger charge is 2.14. The lowest BCUT2D eigenvalue weighted by Crippen LogP contribution is -2.06. The molecule has 2 N–H and O–H groups in total. The Labute approximate surface area is 140 Å². The van der Waals surface area contributed by atoms with Gasteiger partial charge >= 0.3 is 0 Å². The molecule has 120 valence electrons. The predicted molar refractivity (Wildman–Crippen MR) is 97.2 cm³/mol. The first-order valence-electron chi connectivity index (χ1n) is 7.47. The van der Waals surface area contributed by atoms with Crippen LogP contribution in [0.5, 0.6) is 5.75 Å². The van der Waals surface area contributed by atoms with E-state index in [-0.39, 0.29) is 4.75 Å². The summed E-state index contributed by atoms with van der Waals surface area (Å²) < 4.78 is 7.38. The first kappa shape index (κ1) is 15.7. The Morgan fingerprint density at radius 2 is 1.96 bits per heavy atom. The molecule has 5 heteroatoms. The van der Waals surface area contributed by atoms with Crippen LogP contribution in [0.1, 0.15) is 20.8 Å². The maximum Gasteiger partial charge on any atom is 0.121 e. The first-order chi connectivity index (χ1) is 10.9. The van der Waals surface area contributed by atoms with Gasteiger partial charge in [-0.05, 0) is 29.8 Å². The van der Waals surface area contributed by atoms with Crippen LogP contribution in [0, 0.1) is 0 Å². The molecule has 0 radical (unpaired) electrons.